The lowest BCUT2D eigenvalue weighted by atomic mass is 9.87. The number of carbonyl (C=O) groups excluding carboxylic acids is 1. The number of benzene rings is 1. The second kappa shape index (κ2) is 5.64. The van der Waals surface area contributed by atoms with E-state index in [-0.39, 0.29) is 5.91 Å². The lowest BCUT2D eigenvalue weighted by Crippen LogP contribution is -2.54. The Morgan fingerprint density at radius 3 is 2.60 bits per heavy atom. The third kappa shape index (κ3) is 2.68. The van der Waals surface area contributed by atoms with Crippen molar-refractivity contribution in [2.75, 3.05) is 27.2 Å². The smallest absolute Gasteiger partial charge is 0.254 e. The minimum atomic E-state index is -0.673. The zero-order valence-corrected chi connectivity index (χ0v) is 12.4. The van der Waals surface area contributed by atoms with Crippen molar-refractivity contribution in [1.29, 1.82) is 5.26 Å². The molecule has 1 aromatic rings. The van der Waals surface area contributed by atoms with E-state index in [2.05, 4.69) is 11.0 Å². The number of piperidine rings is 1. The van der Waals surface area contributed by atoms with Crippen molar-refractivity contribution in [2.45, 2.75) is 25.3 Å². The molecular formula is C16H21N3O. The van der Waals surface area contributed by atoms with E-state index < -0.39 is 5.54 Å². The molecule has 0 radical (unpaired) electrons. The highest BCUT2D eigenvalue weighted by Crippen LogP contribution is 2.28. The van der Waals surface area contributed by atoms with Gasteiger partial charge in [-0.05, 0) is 38.9 Å². The number of carbonyl (C=O) groups is 1. The molecule has 0 saturated carbocycles. The van der Waals surface area contributed by atoms with E-state index >= 15 is 0 Å². The first-order valence-electron chi connectivity index (χ1n) is 6.93. The van der Waals surface area contributed by atoms with Gasteiger partial charge in [-0.25, -0.2) is 0 Å². The number of nitriles is 1. The number of aryl methyl sites for hydroxylation is 1. The van der Waals surface area contributed by atoms with E-state index in [1.165, 1.54) is 0 Å². The molecule has 1 aliphatic rings. The van der Waals surface area contributed by atoms with Gasteiger partial charge in [0, 0.05) is 25.7 Å². The molecule has 1 aromatic carbocycles. The predicted octanol–water partition coefficient (Wildman–Crippen LogP) is 2.06. The number of hydrogen-bond donors (Lipinski definition) is 0. The van der Waals surface area contributed by atoms with Gasteiger partial charge in [0.2, 0.25) is 0 Å². The van der Waals surface area contributed by atoms with Crippen molar-refractivity contribution in [3.8, 4) is 6.07 Å². The third-order valence-corrected chi connectivity index (χ3v) is 4.23. The topological polar surface area (TPSA) is 47.3 Å². The molecule has 0 spiro atoms. The number of amides is 1. The Morgan fingerprint density at radius 1 is 1.40 bits per heavy atom. The maximum atomic E-state index is 12.6. The molecule has 0 aliphatic carbocycles. The van der Waals surface area contributed by atoms with Crippen LogP contribution in [0.4, 0.5) is 0 Å². The minimum absolute atomic E-state index is 0.0696. The highest BCUT2D eigenvalue weighted by atomic mass is 16.2. The van der Waals surface area contributed by atoms with Gasteiger partial charge in [-0.2, -0.15) is 5.26 Å². The molecule has 0 N–H and O–H groups in total. The molecule has 4 nitrogen and oxygen atoms in total. The van der Waals surface area contributed by atoms with Crippen LogP contribution in [0.5, 0.6) is 0 Å². The Bertz CT molecular complexity index is 539. The SMILES string of the molecule is Cc1cccc(C(=O)N(C)C2(C#N)CCN(C)CC2)c1. The Labute approximate surface area is 120 Å². The number of hydrogen-bond acceptors (Lipinski definition) is 3. The van der Waals surface area contributed by atoms with Crippen LogP contribution in [0.25, 0.3) is 0 Å². The van der Waals surface area contributed by atoms with Gasteiger partial charge >= 0.3 is 0 Å². The monoisotopic (exact) mass is 271 g/mol. The van der Waals surface area contributed by atoms with Gasteiger partial charge in [0.25, 0.3) is 5.91 Å². The fourth-order valence-electron chi connectivity index (χ4n) is 2.68. The zero-order chi connectivity index (χ0) is 14.8. The molecule has 0 unspecified atom stereocenters. The summed E-state index contributed by atoms with van der Waals surface area (Å²) in [4.78, 5) is 16.4. The molecule has 1 heterocycles. The van der Waals surface area contributed by atoms with Crippen LogP contribution in [0.1, 0.15) is 28.8 Å². The van der Waals surface area contributed by atoms with E-state index in [1.807, 2.05) is 38.2 Å². The highest BCUT2D eigenvalue weighted by Gasteiger charge is 2.40. The number of nitrogens with zero attached hydrogens (tertiary/aromatic N) is 3. The van der Waals surface area contributed by atoms with Crippen LogP contribution in [0.2, 0.25) is 0 Å². The quantitative estimate of drug-likeness (QED) is 0.827. The van der Waals surface area contributed by atoms with Crippen molar-refractivity contribution < 1.29 is 4.79 Å². The van der Waals surface area contributed by atoms with E-state index in [1.54, 1.807) is 11.9 Å². The maximum Gasteiger partial charge on any atom is 0.254 e. The van der Waals surface area contributed by atoms with Gasteiger partial charge in [0.05, 0.1) is 6.07 Å². The molecule has 1 saturated heterocycles. The summed E-state index contributed by atoms with van der Waals surface area (Å²) in [5, 5.41) is 9.59. The Morgan fingerprint density at radius 2 is 2.05 bits per heavy atom. The zero-order valence-electron chi connectivity index (χ0n) is 12.4. The van der Waals surface area contributed by atoms with Crippen molar-refractivity contribution >= 4 is 5.91 Å². The molecule has 1 aliphatic heterocycles. The predicted molar refractivity (Wildman–Crippen MR) is 78.3 cm³/mol. The normalized spacial score (nSPS) is 18.3. The fraction of sp³-hybridized carbons (Fsp3) is 0.500. The molecule has 20 heavy (non-hydrogen) atoms. The van der Waals surface area contributed by atoms with Crippen molar-refractivity contribution in [3.63, 3.8) is 0 Å². The fourth-order valence-corrected chi connectivity index (χ4v) is 2.68. The van der Waals surface area contributed by atoms with E-state index in [0.29, 0.717) is 18.4 Å². The van der Waals surface area contributed by atoms with Crippen LogP contribution < -0.4 is 0 Å². The average Bonchev–Trinajstić information content (AvgIpc) is 2.47. The second-order valence-electron chi connectivity index (χ2n) is 5.68. The first kappa shape index (κ1) is 14.5. The molecule has 1 amide bonds. The molecule has 1 fully saturated rings. The molecule has 106 valence electrons. The van der Waals surface area contributed by atoms with Gasteiger partial charge in [-0.3, -0.25) is 4.79 Å². The lowest BCUT2D eigenvalue weighted by molar-refractivity contribution is 0.0521. The van der Waals surface area contributed by atoms with Gasteiger partial charge in [-0.1, -0.05) is 17.7 Å². The molecule has 0 atom stereocenters. The van der Waals surface area contributed by atoms with Gasteiger partial charge in [0.15, 0.2) is 0 Å². The van der Waals surface area contributed by atoms with Crippen LogP contribution in [-0.2, 0) is 0 Å². The van der Waals surface area contributed by atoms with Crippen LogP contribution in [0, 0.1) is 18.3 Å². The van der Waals surface area contributed by atoms with Gasteiger partial charge < -0.3 is 9.80 Å². The summed E-state index contributed by atoms with van der Waals surface area (Å²) < 4.78 is 0. The van der Waals surface area contributed by atoms with Crippen molar-refractivity contribution in [3.05, 3.63) is 35.4 Å². The van der Waals surface area contributed by atoms with E-state index in [9.17, 15) is 10.1 Å². The largest absolute Gasteiger partial charge is 0.323 e. The molecule has 4 heteroatoms. The summed E-state index contributed by atoms with van der Waals surface area (Å²) in [5.41, 5.74) is 1.03. The van der Waals surface area contributed by atoms with E-state index in [0.717, 1.165) is 18.7 Å². The van der Waals surface area contributed by atoms with Crippen molar-refractivity contribution in [1.82, 2.24) is 9.80 Å². The number of rotatable bonds is 2. The molecular weight excluding hydrogens is 250 g/mol. The van der Waals surface area contributed by atoms with Gasteiger partial charge in [-0.15, -0.1) is 0 Å². The van der Waals surface area contributed by atoms with Gasteiger partial charge in [0.1, 0.15) is 5.54 Å². The lowest BCUT2D eigenvalue weighted by Gasteiger charge is -2.41. The Hall–Kier alpha value is -1.86. The summed E-state index contributed by atoms with van der Waals surface area (Å²) in [7, 11) is 3.79. The molecule has 0 aromatic heterocycles. The van der Waals surface area contributed by atoms with Crippen LogP contribution in [0.15, 0.2) is 24.3 Å². The summed E-state index contributed by atoms with van der Waals surface area (Å²) in [6.45, 7) is 3.66. The van der Waals surface area contributed by atoms with Crippen LogP contribution >= 0.6 is 0 Å². The Kier molecular flexibility index (Phi) is 4.10. The summed E-state index contributed by atoms with van der Waals surface area (Å²) in [5.74, 6) is -0.0696. The minimum Gasteiger partial charge on any atom is -0.323 e. The Balaban J connectivity index is 2.23. The molecule has 2 rings (SSSR count). The third-order valence-electron chi connectivity index (χ3n) is 4.23. The standard InChI is InChI=1S/C16H21N3O/c1-13-5-4-6-14(11-13)15(20)19(3)16(12-17)7-9-18(2)10-8-16/h4-6,11H,7-10H2,1-3H3. The highest BCUT2D eigenvalue weighted by molar-refractivity contribution is 5.95. The summed E-state index contributed by atoms with van der Waals surface area (Å²) >= 11 is 0. The van der Waals surface area contributed by atoms with E-state index in [4.69, 9.17) is 0 Å². The van der Waals surface area contributed by atoms with Crippen LogP contribution in [0.3, 0.4) is 0 Å². The first-order chi connectivity index (χ1) is 9.48. The van der Waals surface area contributed by atoms with Crippen LogP contribution in [-0.4, -0.2) is 48.4 Å². The van der Waals surface area contributed by atoms with Crippen molar-refractivity contribution in [2.24, 2.45) is 0 Å². The maximum absolute atomic E-state index is 12.6. The molecule has 0 bridgehead atoms. The average molecular weight is 271 g/mol. The summed E-state index contributed by atoms with van der Waals surface area (Å²) in [6, 6.07) is 9.91. The first-order valence-corrected chi connectivity index (χ1v) is 6.93. The number of likely N-dealkylation sites (tertiary alicyclic amines) is 1. The second-order valence-corrected chi connectivity index (χ2v) is 5.68. The summed E-state index contributed by atoms with van der Waals surface area (Å²) in [6.07, 6.45) is 1.40.